The van der Waals surface area contributed by atoms with Crippen molar-refractivity contribution in [3.63, 3.8) is 0 Å². The summed E-state index contributed by atoms with van der Waals surface area (Å²) in [5, 5.41) is 6.47. The van der Waals surface area contributed by atoms with Gasteiger partial charge in [0.1, 0.15) is 11.4 Å². The van der Waals surface area contributed by atoms with Crippen LogP contribution in [0.4, 0.5) is 5.69 Å². The highest BCUT2D eigenvalue weighted by molar-refractivity contribution is 6.13. The van der Waals surface area contributed by atoms with Crippen LogP contribution in [0.3, 0.4) is 0 Å². The first-order valence-corrected chi connectivity index (χ1v) is 11.1. The second-order valence-corrected chi connectivity index (χ2v) is 8.15. The average Bonchev–Trinajstić information content (AvgIpc) is 3.21. The van der Waals surface area contributed by atoms with Crippen molar-refractivity contribution in [1.29, 1.82) is 0 Å². The van der Waals surface area contributed by atoms with E-state index in [1.807, 2.05) is 0 Å². The Balaban J connectivity index is 1.31. The Bertz CT molecular complexity index is 886. The number of Topliss-reactive ketones (excluding diaryl/α,β-unsaturated/α-hetero) is 1. The first-order chi connectivity index (χ1) is 14.7. The molecule has 2 aliphatic rings. The lowest BCUT2D eigenvalue weighted by Crippen LogP contribution is -2.32. The number of ether oxygens (including phenoxy) is 1. The number of nitrogens with one attached hydrogen (secondary N) is 3. The molecule has 0 aromatic carbocycles. The van der Waals surface area contributed by atoms with Gasteiger partial charge in [-0.3, -0.25) is 14.6 Å². The number of aromatic amines is 1. The average molecular weight is 411 g/mol. The summed E-state index contributed by atoms with van der Waals surface area (Å²) >= 11 is 0. The summed E-state index contributed by atoms with van der Waals surface area (Å²) in [5.74, 6) is 0.294. The summed E-state index contributed by atoms with van der Waals surface area (Å²) in [6, 6.07) is 2.39. The highest BCUT2D eigenvalue weighted by atomic mass is 16.5. The fourth-order valence-corrected chi connectivity index (χ4v) is 4.37. The van der Waals surface area contributed by atoms with Gasteiger partial charge in [-0.2, -0.15) is 0 Å². The zero-order valence-corrected chi connectivity index (χ0v) is 17.3. The number of hydrogen-bond acceptors (Lipinski definition) is 5. The Morgan fingerprint density at radius 3 is 2.93 bits per heavy atom. The van der Waals surface area contributed by atoms with Crippen molar-refractivity contribution in [2.75, 3.05) is 18.5 Å². The van der Waals surface area contributed by atoms with E-state index in [1.165, 1.54) is 32.1 Å². The Morgan fingerprint density at radius 1 is 1.20 bits per heavy atom. The van der Waals surface area contributed by atoms with Crippen LogP contribution in [0.15, 0.2) is 24.7 Å². The zero-order valence-electron chi connectivity index (χ0n) is 17.3. The van der Waals surface area contributed by atoms with Crippen molar-refractivity contribution in [2.45, 2.75) is 63.8 Å². The second kappa shape index (κ2) is 9.89. The standard InChI is InChI=1S/C23H30N4O3/c28-20-9-4-8-18-22(20)17(14-26-18)23(29)27-19-15-24-12-10-21(19)30-13-5-11-25-16-6-2-1-3-7-16/h10,12,14-16,25-26H,1-9,11,13H2,(H,27,29). The number of fused-ring (bicyclic) bond motifs is 1. The molecular weight excluding hydrogens is 380 g/mol. The van der Waals surface area contributed by atoms with Crippen molar-refractivity contribution < 1.29 is 14.3 Å². The van der Waals surface area contributed by atoms with Crippen LogP contribution in [0, 0.1) is 0 Å². The molecule has 1 fully saturated rings. The van der Waals surface area contributed by atoms with Gasteiger partial charge in [-0.05, 0) is 38.6 Å². The summed E-state index contributed by atoms with van der Waals surface area (Å²) < 4.78 is 5.91. The third-order valence-electron chi connectivity index (χ3n) is 5.96. The summed E-state index contributed by atoms with van der Waals surface area (Å²) in [7, 11) is 0. The maximum Gasteiger partial charge on any atom is 0.258 e. The molecule has 4 rings (SSSR count). The van der Waals surface area contributed by atoms with E-state index in [1.54, 1.807) is 24.7 Å². The Hall–Kier alpha value is -2.67. The van der Waals surface area contributed by atoms with Gasteiger partial charge >= 0.3 is 0 Å². The van der Waals surface area contributed by atoms with Crippen molar-refractivity contribution in [2.24, 2.45) is 0 Å². The predicted octanol–water partition coefficient (Wildman–Crippen LogP) is 3.87. The number of amides is 1. The summed E-state index contributed by atoms with van der Waals surface area (Å²) in [4.78, 5) is 32.3. The third kappa shape index (κ3) is 4.90. The first-order valence-electron chi connectivity index (χ1n) is 11.1. The Kier molecular flexibility index (Phi) is 6.79. The van der Waals surface area contributed by atoms with Crippen molar-refractivity contribution in [1.82, 2.24) is 15.3 Å². The molecule has 0 radical (unpaired) electrons. The number of anilines is 1. The molecule has 2 aliphatic carbocycles. The van der Waals surface area contributed by atoms with E-state index in [9.17, 15) is 9.59 Å². The minimum atomic E-state index is -0.320. The summed E-state index contributed by atoms with van der Waals surface area (Å²) in [5.41, 5.74) is 2.28. The molecule has 2 aromatic heterocycles. The van der Waals surface area contributed by atoms with E-state index in [2.05, 4.69) is 20.6 Å². The zero-order chi connectivity index (χ0) is 20.8. The number of carbonyl (C=O) groups is 2. The second-order valence-electron chi connectivity index (χ2n) is 8.15. The molecule has 0 atom stereocenters. The SMILES string of the molecule is O=C(Nc1cnccc1OCCCNC1CCCCC1)c1c[nH]c2c1C(=O)CCC2. The van der Waals surface area contributed by atoms with Crippen LogP contribution in [-0.4, -0.2) is 40.9 Å². The van der Waals surface area contributed by atoms with Crippen LogP contribution in [0.1, 0.15) is 77.8 Å². The van der Waals surface area contributed by atoms with Crippen LogP contribution in [0.25, 0.3) is 0 Å². The van der Waals surface area contributed by atoms with Crippen LogP contribution in [-0.2, 0) is 6.42 Å². The monoisotopic (exact) mass is 410 g/mol. The number of aryl methyl sites for hydroxylation is 1. The molecule has 0 bridgehead atoms. The maximum absolute atomic E-state index is 12.8. The lowest BCUT2D eigenvalue weighted by atomic mass is 9.93. The highest BCUT2D eigenvalue weighted by Crippen LogP contribution is 2.27. The van der Waals surface area contributed by atoms with E-state index in [4.69, 9.17) is 4.74 Å². The fraction of sp³-hybridized carbons (Fsp3) is 0.522. The maximum atomic E-state index is 12.8. The van der Waals surface area contributed by atoms with Gasteiger partial charge in [0.15, 0.2) is 5.78 Å². The smallest absolute Gasteiger partial charge is 0.258 e. The minimum Gasteiger partial charge on any atom is -0.491 e. The molecule has 1 amide bonds. The molecule has 7 heteroatoms. The van der Waals surface area contributed by atoms with Gasteiger partial charge in [-0.1, -0.05) is 19.3 Å². The van der Waals surface area contributed by atoms with E-state index < -0.39 is 0 Å². The lowest BCUT2D eigenvalue weighted by molar-refractivity contribution is 0.0956. The summed E-state index contributed by atoms with van der Waals surface area (Å²) in [6.45, 7) is 1.49. The first kappa shape index (κ1) is 20.6. The van der Waals surface area contributed by atoms with Crippen molar-refractivity contribution in [3.8, 4) is 5.75 Å². The lowest BCUT2D eigenvalue weighted by Gasteiger charge is -2.22. The van der Waals surface area contributed by atoms with E-state index in [0.717, 1.165) is 31.5 Å². The molecular formula is C23H30N4O3. The van der Waals surface area contributed by atoms with Gasteiger partial charge in [0.25, 0.3) is 5.91 Å². The van der Waals surface area contributed by atoms with E-state index in [-0.39, 0.29) is 11.7 Å². The van der Waals surface area contributed by atoms with E-state index >= 15 is 0 Å². The molecule has 30 heavy (non-hydrogen) atoms. The molecule has 7 nitrogen and oxygen atoms in total. The van der Waals surface area contributed by atoms with Gasteiger partial charge in [0.05, 0.1) is 23.9 Å². The fourth-order valence-electron chi connectivity index (χ4n) is 4.37. The summed E-state index contributed by atoms with van der Waals surface area (Å²) in [6.07, 6.45) is 14.4. The van der Waals surface area contributed by atoms with Gasteiger partial charge in [-0.15, -0.1) is 0 Å². The minimum absolute atomic E-state index is 0.0239. The quantitative estimate of drug-likeness (QED) is 0.574. The number of nitrogens with zero attached hydrogens (tertiary/aromatic N) is 1. The van der Waals surface area contributed by atoms with Crippen LogP contribution in [0.2, 0.25) is 0 Å². The molecule has 0 spiro atoms. The normalized spacial score (nSPS) is 16.9. The van der Waals surface area contributed by atoms with Crippen molar-refractivity contribution >= 4 is 17.4 Å². The topological polar surface area (TPSA) is 96.1 Å². The van der Waals surface area contributed by atoms with E-state index in [0.29, 0.717) is 41.6 Å². The molecule has 3 N–H and O–H groups in total. The number of rotatable bonds is 8. The number of H-pyrrole nitrogens is 1. The Morgan fingerprint density at radius 2 is 2.07 bits per heavy atom. The number of pyridine rings is 1. The molecule has 2 aromatic rings. The van der Waals surface area contributed by atoms with Gasteiger partial charge in [0, 0.05) is 36.6 Å². The molecule has 0 unspecified atom stereocenters. The molecule has 0 aliphatic heterocycles. The molecule has 2 heterocycles. The van der Waals surface area contributed by atoms with Crippen LogP contribution >= 0.6 is 0 Å². The molecule has 1 saturated carbocycles. The molecule has 0 saturated heterocycles. The van der Waals surface area contributed by atoms with Gasteiger partial charge in [0.2, 0.25) is 0 Å². The van der Waals surface area contributed by atoms with Crippen LogP contribution < -0.4 is 15.4 Å². The largest absolute Gasteiger partial charge is 0.491 e. The van der Waals surface area contributed by atoms with Gasteiger partial charge in [-0.25, -0.2) is 0 Å². The van der Waals surface area contributed by atoms with Gasteiger partial charge < -0.3 is 20.4 Å². The number of carbonyl (C=O) groups excluding carboxylic acids is 2. The number of aromatic nitrogens is 2. The highest BCUT2D eigenvalue weighted by Gasteiger charge is 2.26. The molecule has 160 valence electrons. The third-order valence-corrected chi connectivity index (χ3v) is 5.96. The van der Waals surface area contributed by atoms with Crippen molar-refractivity contribution in [3.05, 3.63) is 41.5 Å². The van der Waals surface area contributed by atoms with Crippen LogP contribution in [0.5, 0.6) is 5.75 Å². The predicted molar refractivity (Wildman–Crippen MR) is 115 cm³/mol. The number of ketones is 1. The Labute approximate surface area is 177 Å². The number of hydrogen-bond donors (Lipinski definition) is 3.